The maximum atomic E-state index is 12.8. The van der Waals surface area contributed by atoms with Gasteiger partial charge in [-0.05, 0) is 51.0 Å². The zero-order chi connectivity index (χ0) is 22.2. The van der Waals surface area contributed by atoms with Crippen molar-refractivity contribution >= 4 is 17.5 Å². The van der Waals surface area contributed by atoms with Crippen molar-refractivity contribution < 1.29 is 14.3 Å². The molecule has 3 rings (SSSR count). The van der Waals surface area contributed by atoms with Crippen molar-refractivity contribution in [2.24, 2.45) is 0 Å². The van der Waals surface area contributed by atoms with Crippen LogP contribution >= 0.6 is 11.6 Å². The van der Waals surface area contributed by atoms with Gasteiger partial charge in [0.2, 0.25) is 0 Å². The number of allylic oxidation sites excluding steroid dienone is 1. The monoisotopic (exact) mass is 442 g/mol. The van der Waals surface area contributed by atoms with Crippen LogP contribution in [0.3, 0.4) is 0 Å². The van der Waals surface area contributed by atoms with Gasteiger partial charge in [-0.3, -0.25) is 9.69 Å². The molecule has 1 fully saturated rings. The highest BCUT2D eigenvalue weighted by atomic mass is 35.5. The standard InChI is InChI=1S/C25H31ClN2O3/c1-18(2)10-13-28-14-11-21(12-15-28)27-25(29)19-8-9-23(24(16-19)30-3)31-17-20-6-4-5-7-22(20)26/h4-10,16,21H,11-15,17H2,1-3H3,(H,27,29). The number of amides is 1. The molecule has 0 saturated carbocycles. The van der Waals surface area contributed by atoms with Crippen LogP contribution in [-0.4, -0.2) is 43.6 Å². The Bertz CT molecular complexity index is 917. The van der Waals surface area contributed by atoms with Gasteiger partial charge in [-0.1, -0.05) is 41.4 Å². The fourth-order valence-electron chi connectivity index (χ4n) is 3.54. The molecule has 1 heterocycles. The lowest BCUT2D eigenvalue weighted by Gasteiger charge is -2.31. The number of methoxy groups -OCH3 is 1. The van der Waals surface area contributed by atoms with Gasteiger partial charge < -0.3 is 14.8 Å². The Kier molecular flexibility index (Phi) is 8.38. The first-order valence-corrected chi connectivity index (χ1v) is 11.0. The summed E-state index contributed by atoms with van der Waals surface area (Å²) in [7, 11) is 1.57. The summed E-state index contributed by atoms with van der Waals surface area (Å²) >= 11 is 6.19. The summed E-state index contributed by atoms with van der Waals surface area (Å²) in [6.07, 6.45) is 4.16. The van der Waals surface area contributed by atoms with Crippen molar-refractivity contribution in [3.05, 3.63) is 70.3 Å². The van der Waals surface area contributed by atoms with Gasteiger partial charge in [0.15, 0.2) is 11.5 Å². The third kappa shape index (κ3) is 6.74. The minimum atomic E-state index is -0.0845. The summed E-state index contributed by atoms with van der Waals surface area (Å²) in [5.41, 5.74) is 2.79. The number of hydrogen-bond acceptors (Lipinski definition) is 4. The van der Waals surface area contributed by atoms with Crippen LogP contribution in [0.25, 0.3) is 0 Å². The number of hydrogen-bond donors (Lipinski definition) is 1. The molecule has 0 aromatic heterocycles. The molecule has 2 aromatic rings. The van der Waals surface area contributed by atoms with Crippen LogP contribution < -0.4 is 14.8 Å². The number of carbonyl (C=O) groups is 1. The minimum absolute atomic E-state index is 0.0845. The Morgan fingerprint density at radius 3 is 2.58 bits per heavy atom. The molecule has 0 bridgehead atoms. The molecule has 6 heteroatoms. The van der Waals surface area contributed by atoms with E-state index < -0.39 is 0 Å². The molecule has 166 valence electrons. The summed E-state index contributed by atoms with van der Waals surface area (Å²) in [5, 5.41) is 3.82. The van der Waals surface area contributed by atoms with Gasteiger partial charge in [0, 0.05) is 41.8 Å². The third-order valence-corrected chi connectivity index (χ3v) is 5.82. The Morgan fingerprint density at radius 2 is 1.90 bits per heavy atom. The molecule has 0 atom stereocenters. The quantitative estimate of drug-likeness (QED) is 0.578. The lowest BCUT2D eigenvalue weighted by Crippen LogP contribution is -2.44. The predicted octanol–water partition coefficient (Wildman–Crippen LogP) is 5.09. The summed E-state index contributed by atoms with van der Waals surface area (Å²) < 4.78 is 11.3. The molecule has 2 aromatic carbocycles. The van der Waals surface area contributed by atoms with Gasteiger partial charge in [0.1, 0.15) is 6.61 Å². The topological polar surface area (TPSA) is 50.8 Å². The molecule has 1 amide bonds. The highest BCUT2D eigenvalue weighted by Crippen LogP contribution is 2.29. The molecule has 0 spiro atoms. The average Bonchev–Trinajstić information content (AvgIpc) is 2.78. The maximum absolute atomic E-state index is 12.8. The van der Waals surface area contributed by atoms with Crippen LogP contribution in [0.2, 0.25) is 5.02 Å². The number of carbonyl (C=O) groups excluding carboxylic acids is 1. The van der Waals surface area contributed by atoms with Crippen molar-refractivity contribution in [1.29, 1.82) is 0 Å². The number of nitrogens with zero attached hydrogens (tertiary/aromatic N) is 1. The highest BCUT2D eigenvalue weighted by molar-refractivity contribution is 6.31. The molecule has 0 unspecified atom stereocenters. The molecule has 5 nitrogen and oxygen atoms in total. The van der Waals surface area contributed by atoms with Crippen molar-refractivity contribution in [2.75, 3.05) is 26.7 Å². The van der Waals surface area contributed by atoms with E-state index in [0.29, 0.717) is 28.7 Å². The van der Waals surface area contributed by atoms with Gasteiger partial charge in [0.25, 0.3) is 5.91 Å². The van der Waals surface area contributed by atoms with Gasteiger partial charge >= 0.3 is 0 Å². The van der Waals surface area contributed by atoms with E-state index in [0.717, 1.165) is 38.0 Å². The normalized spacial score (nSPS) is 14.7. The molecular formula is C25H31ClN2O3. The second kappa shape index (κ2) is 11.2. The average molecular weight is 443 g/mol. The first-order chi connectivity index (χ1) is 15.0. The molecule has 31 heavy (non-hydrogen) atoms. The van der Waals surface area contributed by atoms with Crippen molar-refractivity contribution in [3.63, 3.8) is 0 Å². The summed E-state index contributed by atoms with van der Waals surface area (Å²) in [5.74, 6) is 1.02. The van der Waals surface area contributed by atoms with Crippen LogP contribution in [0.5, 0.6) is 11.5 Å². The number of halogens is 1. The van der Waals surface area contributed by atoms with E-state index in [1.165, 1.54) is 5.57 Å². The van der Waals surface area contributed by atoms with Gasteiger partial charge in [-0.2, -0.15) is 0 Å². The van der Waals surface area contributed by atoms with E-state index in [1.54, 1.807) is 25.3 Å². The fraction of sp³-hybridized carbons (Fsp3) is 0.400. The largest absolute Gasteiger partial charge is 0.493 e. The van der Waals surface area contributed by atoms with Crippen LogP contribution in [0.1, 0.15) is 42.6 Å². The lowest BCUT2D eigenvalue weighted by atomic mass is 10.0. The number of piperidine rings is 1. The molecular weight excluding hydrogens is 412 g/mol. The zero-order valence-electron chi connectivity index (χ0n) is 18.5. The van der Waals surface area contributed by atoms with Crippen LogP contribution in [-0.2, 0) is 6.61 Å². The predicted molar refractivity (Wildman–Crippen MR) is 125 cm³/mol. The number of rotatable bonds is 8. The molecule has 1 aliphatic rings. The summed E-state index contributed by atoms with van der Waals surface area (Å²) in [4.78, 5) is 15.2. The smallest absolute Gasteiger partial charge is 0.251 e. The summed E-state index contributed by atoms with van der Waals surface area (Å²) in [6.45, 7) is 7.53. The molecule has 1 aliphatic heterocycles. The SMILES string of the molecule is COc1cc(C(=O)NC2CCN(CC=C(C)C)CC2)ccc1OCc1ccccc1Cl. The second-order valence-electron chi connectivity index (χ2n) is 8.08. The first kappa shape index (κ1) is 23.2. The number of nitrogens with one attached hydrogen (secondary N) is 1. The van der Waals surface area contributed by atoms with E-state index in [1.807, 2.05) is 24.3 Å². The Balaban J connectivity index is 1.56. The Hall–Kier alpha value is -2.50. The molecule has 1 N–H and O–H groups in total. The molecule has 0 aliphatic carbocycles. The van der Waals surface area contributed by atoms with E-state index in [9.17, 15) is 4.79 Å². The van der Waals surface area contributed by atoms with E-state index in [2.05, 4.69) is 30.1 Å². The van der Waals surface area contributed by atoms with Gasteiger partial charge in [0.05, 0.1) is 7.11 Å². The van der Waals surface area contributed by atoms with Gasteiger partial charge in [-0.25, -0.2) is 0 Å². The Morgan fingerprint density at radius 1 is 1.16 bits per heavy atom. The fourth-order valence-corrected chi connectivity index (χ4v) is 3.73. The van der Waals surface area contributed by atoms with Crippen LogP contribution in [0.4, 0.5) is 0 Å². The Labute approximate surface area is 190 Å². The zero-order valence-corrected chi connectivity index (χ0v) is 19.2. The number of likely N-dealkylation sites (tertiary alicyclic amines) is 1. The van der Waals surface area contributed by atoms with Crippen molar-refractivity contribution in [2.45, 2.75) is 39.3 Å². The van der Waals surface area contributed by atoms with Crippen molar-refractivity contribution in [1.82, 2.24) is 10.2 Å². The van der Waals surface area contributed by atoms with Gasteiger partial charge in [-0.15, -0.1) is 0 Å². The van der Waals surface area contributed by atoms with E-state index in [-0.39, 0.29) is 11.9 Å². The van der Waals surface area contributed by atoms with E-state index in [4.69, 9.17) is 21.1 Å². The molecule has 1 saturated heterocycles. The maximum Gasteiger partial charge on any atom is 0.251 e. The first-order valence-electron chi connectivity index (χ1n) is 10.7. The van der Waals surface area contributed by atoms with E-state index >= 15 is 0 Å². The third-order valence-electron chi connectivity index (χ3n) is 5.45. The van der Waals surface area contributed by atoms with Crippen molar-refractivity contribution in [3.8, 4) is 11.5 Å². The van der Waals surface area contributed by atoms with Crippen LogP contribution in [0.15, 0.2) is 54.1 Å². The molecule has 0 radical (unpaired) electrons. The lowest BCUT2D eigenvalue weighted by molar-refractivity contribution is 0.0913. The highest BCUT2D eigenvalue weighted by Gasteiger charge is 2.21. The summed E-state index contributed by atoms with van der Waals surface area (Å²) in [6, 6.07) is 13.0. The minimum Gasteiger partial charge on any atom is -0.493 e. The second-order valence-corrected chi connectivity index (χ2v) is 8.48. The van der Waals surface area contributed by atoms with Crippen LogP contribution in [0, 0.1) is 0 Å². The number of ether oxygens (including phenoxy) is 2. The number of benzene rings is 2.